The van der Waals surface area contributed by atoms with Gasteiger partial charge in [0.2, 0.25) is 0 Å². The van der Waals surface area contributed by atoms with Crippen LogP contribution >= 0.6 is 23.8 Å². The molecule has 2 N–H and O–H groups in total. The molecule has 1 atom stereocenters. The Bertz CT molecular complexity index is 508. The second-order valence-electron chi connectivity index (χ2n) is 3.65. The van der Waals surface area contributed by atoms with Crippen LogP contribution in [0.15, 0.2) is 24.3 Å². The maximum atomic E-state index is 11.9. The number of thiocarbonyl (C=S) groups is 1. The van der Waals surface area contributed by atoms with Crippen LogP contribution in [0.2, 0.25) is 5.02 Å². The predicted molar refractivity (Wildman–Crippen MR) is 76.1 cm³/mol. The van der Waals surface area contributed by atoms with Crippen molar-refractivity contribution in [3.8, 4) is 0 Å². The van der Waals surface area contributed by atoms with Gasteiger partial charge in [0, 0.05) is 0 Å². The van der Waals surface area contributed by atoms with E-state index in [-0.39, 0.29) is 5.11 Å². The lowest BCUT2D eigenvalue weighted by Crippen LogP contribution is -2.46. The summed E-state index contributed by atoms with van der Waals surface area (Å²) in [6.07, 6.45) is 0. The summed E-state index contributed by atoms with van der Waals surface area (Å²) < 4.78 is 4.53. The molecule has 0 saturated carbocycles. The quantitative estimate of drug-likeness (QED) is 0.654. The number of methoxy groups -OCH3 is 1. The molecule has 0 radical (unpaired) electrons. The smallest absolute Gasteiger partial charge is 0.328 e. The van der Waals surface area contributed by atoms with Crippen LogP contribution < -0.4 is 10.6 Å². The van der Waals surface area contributed by atoms with Gasteiger partial charge in [-0.3, -0.25) is 10.1 Å². The first kappa shape index (κ1) is 15.4. The Labute approximate surface area is 121 Å². The summed E-state index contributed by atoms with van der Waals surface area (Å²) in [5.41, 5.74) is 0.305. The van der Waals surface area contributed by atoms with Gasteiger partial charge < -0.3 is 10.1 Å². The molecule has 0 heterocycles. The number of benzene rings is 1. The third-order valence-corrected chi connectivity index (χ3v) is 2.80. The Kier molecular flexibility index (Phi) is 5.72. The van der Waals surface area contributed by atoms with E-state index in [1.807, 2.05) is 0 Å². The van der Waals surface area contributed by atoms with Crippen LogP contribution in [0.25, 0.3) is 0 Å². The summed E-state index contributed by atoms with van der Waals surface area (Å²) in [6.45, 7) is 1.57. The molecule has 0 aliphatic rings. The van der Waals surface area contributed by atoms with Crippen molar-refractivity contribution in [2.24, 2.45) is 0 Å². The molecule has 7 heteroatoms. The van der Waals surface area contributed by atoms with Gasteiger partial charge in [0.05, 0.1) is 17.7 Å². The zero-order valence-corrected chi connectivity index (χ0v) is 12.0. The first-order chi connectivity index (χ1) is 8.95. The van der Waals surface area contributed by atoms with Gasteiger partial charge in [-0.2, -0.15) is 0 Å². The highest BCUT2D eigenvalue weighted by Gasteiger charge is 2.16. The van der Waals surface area contributed by atoms with E-state index in [0.717, 1.165) is 0 Å². The van der Waals surface area contributed by atoms with Gasteiger partial charge in [0.15, 0.2) is 5.11 Å². The second kappa shape index (κ2) is 7.06. The van der Waals surface area contributed by atoms with Gasteiger partial charge in [-0.25, -0.2) is 4.79 Å². The van der Waals surface area contributed by atoms with Crippen LogP contribution in [-0.4, -0.2) is 30.1 Å². The molecule has 0 saturated heterocycles. The number of halogens is 1. The molecule has 1 amide bonds. The summed E-state index contributed by atoms with van der Waals surface area (Å²) in [7, 11) is 1.27. The van der Waals surface area contributed by atoms with Crippen molar-refractivity contribution in [2.75, 3.05) is 7.11 Å². The van der Waals surface area contributed by atoms with Crippen LogP contribution in [-0.2, 0) is 9.53 Å². The van der Waals surface area contributed by atoms with Gasteiger partial charge in [-0.05, 0) is 31.3 Å². The average Bonchev–Trinajstić information content (AvgIpc) is 2.37. The number of esters is 1. The lowest BCUT2D eigenvalue weighted by atomic mass is 10.2. The van der Waals surface area contributed by atoms with Crippen molar-refractivity contribution >= 4 is 40.8 Å². The summed E-state index contributed by atoms with van der Waals surface area (Å²) in [4.78, 5) is 23.0. The maximum absolute atomic E-state index is 11.9. The molecule has 102 valence electrons. The van der Waals surface area contributed by atoms with Crippen molar-refractivity contribution in [1.29, 1.82) is 0 Å². The molecule has 19 heavy (non-hydrogen) atoms. The molecule has 1 aromatic carbocycles. The fourth-order valence-corrected chi connectivity index (χ4v) is 1.78. The van der Waals surface area contributed by atoms with Gasteiger partial charge in [-0.1, -0.05) is 23.7 Å². The van der Waals surface area contributed by atoms with Crippen molar-refractivity contribution < 1.29 is 14.3 Å². The first-order valence-electron chi connectivity index (χ1n) is 5.40. The number of rotatable bonds is 3. The summed E-state index contributed by atoms with van der Waals surface area (Å²) in [6, 6.07) is 5.93. The molecule has 0 fully saturated rings. The van der Waals surface area contributed by atoms with Crippen molar-refractivity contribution in [3.05, 3.63) is 34.9 Å². The van der Waals surface area contributed by atoms with Crippen LogP contribution in [0, 0.1) is 0 Å². The number of ether oxygens (including phenoxy) is 1. The zero-order valence-electron chi connectivity index (χ0n) is 10.4. The van der Waals surface area contributed by atoms with Crippen LogP contribution in [0.1, 0.15) is 17.3 Å². The standard InChI is InChI=1S/C12H13ClN2O3S/c1-7(11(17)18-2)14-12(19)15-10(16)8-5-3-4-6-9(8)13/h3-7H,1-2H3,(H2,14,15,16,19). The van der Waals surface area contributed by atoms with Crippen LogP contribution in [0.3, 0.4) is 0 Å². The molecule has 0 aliphatic carbocycles. The largest absolute Gasteiger partial charge is 0.467 e. The highest BCUT2D eigenvalue weighted by molar-refractivity contribution is 7.80. The van der Waals surface area contributed by atoms with Crippen molar-refractivity contribution in [2.45, 2.75) is 13.0 Å². The molecule has 0 aromatic heterocycles. The van der Waals surface area contributed by atoms with E-state index in [4.69, 9.17) is 23.8 Å². The van der Waals surface area contributed by atoms with Gasteiger partial charge in [-0.15, -0.1) is 0 Å². The van der Waals surface area contributed by atoms with Gasteiger partial charge in [0.25, 0.3) is 5.91 Å². The fraction of sp³-hybridized carbons (Fsp3) is 0.250. The summed E-state index contributed by atoms with van der Waals surface area (Å²) >= 11 is 10.8. The molecular formula is C12H13ClN2O3S. The Hall–Kier alpha value is -1.66. The molecule has 5 nitrogen and oxygen atoms in total. The lowest BCUT2D eigenvalue weighted by molar-refractivity contribution is -0.142. The van der Waals surface area contributed by atoms with E-state index in [1.165, 1.54) is 7.11 Å². The number of amides is 1. The van der Waals surface area contributed by atoms with E-state index in [0.29, 0.717) is 10.6 Å². The van der Waals surface area contributed by atoms with E-state index in [9.17, 15) is 9.59 Å². The third kappa shape index (κ3) is 4.50. The molecule has 0 bridgehead atoms. The van der Waals surface area contributed by atoms with Crippen LogP contribution in [0.5, 0.6) is 0 Å². The maximum Gasteiger partial charge on any atom is 0.328 e. The van der Waals surface area contributed by atoms with Crippen molar-refractivity contribution in [3.63, 3.8) is 0 Å². The topological polar surface area (TPSA) is 67.4 Å². The molecule has 0 spiro atoms. The number of hydrogen-bond donors (Lipinski definition) is 2. The van der Waals surface area contributed by atoms with Gasteiger partial charge in [0.1, 0.15) is 6.04 Å². The van der Waals surface area contributed by atoms with E-state index < -0.39 is 17.9 Å². The number of nitrogens with one attached hydrogen (secondary N) is 2. The normalized spacial score (nSPS) is 11.3. The third-order valence-electron chi connectivity index (χ3n) is 2.25. The predicted octanol–water partition coefficient (Wildman–Crippen LogP) is 1.51. The second-order valence-corrected chi connectivity index (χ2v) is 4.47. The Morgan fingerprint density at radius 1 is 1.37 bits per heavy atom. The summed E-state index contributed by atoms with van der Waals surface area (Å²) in [5, 5.41) is 5.42. The summed E-state index contributed by atoms with van der Waals surface area (Å²) in [5.74, 6) is -0.922. The average molecular weight is 301 g/mol. The Balaban J connectivity index is 2.61. The van der Waals surface area contributed by atoms with E-state index in [1.54, 1.807) is 31.2 Å². The van der Waals surface area contributed by atoms with Crippen LogP contribution in [0.4, 0.5) is 0 Å². The minimum Gasteiger partial charge on any atom is -0.467 e. The molecule has 1 unspecified atom stereocenters. The Morgan fingerprint density at radius 3 is 2.58 bits per heavy atom. The first-order valence-corrected chi connectivity index (χ1v) is 6.18. The van der Waals surface area contributed by atoms with E-state index in [2.05, 4.69) is 15.4 Å². The Morgan fingerprint density at radius 2 is 2.00 bits per heavy atom. The lowest BCUT2D eigenvalue weighted by Gasteiger charge is -2.14. The molecule has 1 aromatic rings. The number of carbonyl (C=O) groups is 2. The number of hydrogen-bond acceptors (Lipinski definition) is 4. The molecular weight excluding hydrogens is 288 g/mol. The molecule has 0 aliphatic heterocycles. The zero-order chi connectivity index (χ0) is 14.4. The van der Waals surface area contributed by atoms with Gasteiger partial charge >= 0.3 is 5.97 Å². The SMILES string of the molecule is COC(=O)C(C)NC(=S)NC(=O)c1ccccc1Cl. The minimum atomic E-state index is -0.649. The highest BCUT2D eigenvalue weighted by Crippen LogP contribution is 2.14. The van der Waals surface area contributed by atoms with E-state index >= 15 is 0 Å². The monoisotopic (exact) mass is 300 g/mol. The number of carbonyl (C=O) groups excluding carboxylic acids is 2. The minimum absolute atomic E-state index is 0.0304. The van der Waals surface area contributed by atoms with Crippen molar-refractivity contribution in [1.82, 2.24) is 10.6 Å². The fourth-order valence-electron chi connectivity index (χ4n) is 1.28. The molecule has 1 rings (SSSR count). The highest BCUT2D eigenvalue weighted by atomic mass is 35.5.